The first-order valence-corrected chi connectivity index (χ1v) is 11.2. The van der Waals surface area contributed by atoms with E-state index in [-0.39, 0.29) is 11.8 Å². The fraction of sp³-hybridized carbons (Fsp3) is 0.259. The third kappa shape index (κ3) is 3.71. The number of amides is 1. The fourth-order valence-corrected chi connectivity index (χ4v) is 4.99. The van der Waals surface area contributed by atoms with Crippen molar-refractivity contribution < 1.29 is 9.53 Å². The van der Waals surface area contributed by atoms with E-state index in [1.807, 2.05) is 65.6 Å². The van der Waals surface area contributed by atoms with Gasteiger partial charge in [0.2, 0.25) is 0 Å². The summed E-state index contributed by atoms with van der Waals surface area (Å²) in [5.41, 5.74) is 3.81. The minimum absolute atomic E-state index is 0.0258. The standard InChI is InChI=1S/C27H26N4O2/c1-29-25-22-9-5-6-10-24(22)33-27(23(25)16-28)11-13-31(14-12-27)26(32)21-15-20(17-30-18-21)19-7-3-2-4-8-19/h2-10,15-18,23,28H,11-14H2,1H3. The Morgan fingerprint density at radius 1 is 1.09 bits per heavy atom. The highest BCUT2D eigenvalue weighted by Gasteiger charge is 2.49. The first-order chi connectivity index (χ1) is 16.1. The van der Waals surface area contributed by atoms with E-state index < -0.39 is 5.60 Å². The Kier molecular flexibility index (Phi) is 5.50. The summed E-state index contributed by atoms with van der Waals surface area (Å²) in [5.74, 6) is 0.538. The van der Waals surface area contributed by atoms with Crippen LogP contribution in [0.3, 0.4) is 0 Å². The number of hydrogen-bond donors (Lipinski definition) is 1. The summed E-state index contributed by atoms with van der Waals surface area (Å²) in [6.07, 6.45) is 6.14. The number of para-hydroxylation sites is 1. The van der Waals surface area contributed by atoms with E-state index in [0.29, 0.717) is 31.5 Å². The van der Waals surface area contributed by atoms with Gasteiger partial charge in [-0.25, -0.2) is 0 Å². The van der Waals surface area contributed by atoms with Gasteiger partial charge in [0, 0.05) is 62.7 Å². The van der Waals surface area contributed by atoms with E-state index in [2.05, 4.69) is 9.98 Å². The second-order valence-electron chi connectivity index (χ2n) is 8.54. The lowest BCUT2D eigenvalue weighted by molar-refractivity contribution is -0.00862. The number of benzene rings is 2. The van der Waals surface area contributed by atoms with E-state index in [1.165, 1.54) is 6.21 Å². The molecule has 2 aliphatic heterocycles. The molecule has 0 saturated carbocycles. The Morgan fingerprint density at radius 3 is 2.55 bits per heavy atom. The number of carbonyl (C=O) groups excluding carboxylic acids is 1. The summed E-state index contributed by atoms with van der Waals surface area (Å²) < 4.78 is 6.52. The van der Waals surface area contributed by atoms with Crippen LogP contribution in [0.25, 0.3) is 11.1 Å². The third-order valence-corrected chi connectivity index (χ3v) is 6.73. The molecule has 0 aliphatic carbocycles. The average molecular weight is 439 g/mol. The molecular weight excluding hydrogens is 412 g/mol. The third-order valence-electron chi connectivity index (χ3n) is 6.73. The zero-order valence-corrected chi connectivity index (χ0v) is 18.6. The van der Waals surface area contributed by atoms with Gasteiger partial charge in [-0.15, -0.1) is 0 Å². The molecule has 1 fully saturated rings. The molecule has 1 amide bonds. The highest BCUT2D eigenvalue weighted by molar-refractivity contribution is 6.12. The summed E-state index contributed by atoms with van der Waals surface area (Å²) in [4.78, 5) is 24.0. The van der Waals surface area contributed by atoms with E-state index >= 15 is 0 Å². The van der Waals surface area contributed by atoms with Crippen LogP contribution in [-0.4, -0.2) is 53.5 Å². The predicted octanol–water partition coefficient (Wildman–Crippen LogP) is 4.50. The van der Waals surface area contributed by atoms with Gasteiger partial charge in [-0.1, -0.05) is 42.5 Å². The lowest BCUT2D eigenvalue weighted by atomic mass is 9.73. The molecule has 1 unspecified atom stereocenters. The second kappa shape index (κ2) is 8.62. The molecule has 3 aromatic rings. The number of ether oxygens (including phenoxy) is 1. The van der Waals surface area contributed by atoms with E-state index in [9.17, 15) is 4.79 Å². The number of nitrogens with zero attached hydrogens (tertiary/aromatic N) is 3. The molecule has 2 aromatic carbocycles. The molecule has 166 valence electrons. The molecule has 2 aliphatic rings. The highest BCUT2D eigenvalue weighted by Crippen LogP contribution is 2.42. The van der Waals surface area contributed by atoms with Gasteiger partial charge in [0.15, 0.2) is 0 Å². The van der Waals surface area contributed by atoms with Gasteiger partial charge >= 0.3 is 0 Å². The Morgan fingerprint density at radius 2 is 1.82 bits per heavy atom. The molecule has 1 spiro atoms. The van der Waals surface area contributed by atoms with E-state index in [1.54, 1.807) is 19.4 Å². The number of nitrogens with one attached hydrogen (secondary N) is 1. The van der Waals surface area contributed by atoms with Crippen molar-refractivity contribution in [3.05, 3.63) is 84.2 Å². The highest BCUT2D eigenvalue weighted by atomic mass is 16.5. The van der Waals surface area contributed by atoms with Crippen molar-refractivity contribution in [1.82, 2.24) is 9.88 Å². The van der Waals surface area contributed by atoms with Crippen molar-refractivity contribution in [2.75, 3.05) is 20.1 Å². The number of carbonyl (C=O) groups is 1. The van der Waals surface area contributed by atoms with Gasteiger partial charge in [-0.3, -0.25) is 14.8 Å². The van der Waals surface area contributed by atoms with Crippen LogP contribution in [0.2, 0.25) is 0 Å². The quantitative estimate of drug-likeness (QED) is 0.612. The number of aromatic nitrogens is 1. The molecule has 0 radical (unpaired) electrons. The molecular formula is C27H26N4O2. The maximum Gasteiger partial charge on any atom is 0.255 e. The first-order valence-electron chi connectivity index (χ1n) is 11.2. The number of piperidine rings is 1. The topological polar surface area (TPSA) is 78.6 Å². The van der Waals surface area contributed by atoms with Gasteiger partial charge in [-0.05, 0) is 23.8 Å². The van der Waals surface area contributed by atoms with Crippen molar-refractivity contribution >= 4 is 17.8 Å². The summed E-state index contributed by atoms with van der Waals surface area (Å²) >= 11 is 0. The summed E-state index contributed by atoms with van der Waals surface area (Å²) in [5, 5.41) is 8.13. The Hall–Kier alpha value is -3.80. The van der Waals surface area contributed by atoms with Crippen LogP contribution in [0, 0.1) is 11.3 Å². The number of aliphatic imine (C=N–C) groups is 1. The van der Waals surface area contributed by atoms with Crippen LogP contribution in [0.1, 0.15) is 28.8 Å². The number of rotatable bonds is 3. The average Bonchev–Trinajstić information content (AvgIpc) is 2.88. The van der Waals surface area contributed by atoms with Crippen LogP contribution in [0.15, 0.2) is 78.0 Å². The van der Waals surface area contributed by atoms with Gasteiger partial charge in [0.05, 0.1) is 17.2 Å². The normalized spacial score (nSPS) is 20.2. The van der Waals surface area contributed by atoms with E-state index in [0.717, 1.165) is 28.2 Å². The molecule has 5 rings (SSSR count). The van der Waals surface area contributed by atoms with Crippen molar-refractivity contribution in [3.8, 4) is 16.9 Å². The molecule has 1 saturated heterocycles. The number of fused-ring (bicyclic) bond motifs is 1. The molecule has 1 N–H and O–H groups in total. The van der Waals surface area contributed by atoms with Crippen LogP contribution in [0.5, 0.6) is 5.75 Å². The minimum atomic E-state index is -0.564. The molecule has 6 nitrogen and oxygen atoms in total. The Labute approximate surface area is 193 Å². The first kappa shape index (κ1) is 21.1. The van der Waals surface area contributed by atoms with Crippen LogP contribution < -0.4 is 4.74 Å². The van der Waals surface area contributed by atoms with Crippen LogP contribution in [-0.2, 0) is 0 Å². The molecule has 33 heavy (non-hydrogen) atoms. The van der Waals surface area contributed by atoms with Crippen molar-refractivity contribution in [2.24, 2.45) is 10.9 Å². The van der Waals surface area contributed by atoms with Crippen LogP contribution in [0.4, 0.5) is 0 Å². The Balaban J connectivity index is 1.37. The molecule has 1 aromatic heterocycles. The smallest absolute Gasteiger partial charge is 0.255 e. The number of pyridine rings is 1. The van der Waals surface area contributed by atoms with E-state index in [4.69, 9.17) is 10.1 Å². The largest absolute Gasteiger partial charge is 0.485 e. The maximum absolute atomic E-state index is 13.3. The van der Waals surface area contributed by atoms with Crippen LogP contribution >= 0.6 is 0 Å². The number of hydrogen-bond acceptors (Lipinski definition) is 5. The lowest BCUT2D eigenvalue weighted by Crippen LogP contribution is -2.58. The second-order valence-corrected chi connectivity index (χ2v) is 8.54. The maximum atomic E-state index is 13.3. The van der Waals surface area contributed by atoms with Gasteiger partial charge in [-0.2, -0.15) is 0 Å². The Bertz CT molecular complexity index is 1210. The predicted molar refractivity (Wildman–Crippen MR) is 129 cm³/mol. The van der Waals surface area contributed by atoms with Gasteiger partial charge < -0.3 is 15.0 Å². The van der Waals surface area contributed by atoms with Crippen molar-refractivity contribution in [1.29, 1.82) is 5.41 Å². The molecule has 0 bridgehead atoms. The van der Waals surface area contributed by atoms with Gasteiger partial charge in [0.1, 0.15) is 11.4 Å². The number of likely N-dealkylation sites (tertiary alicyclic amines) is 1. The zero-order chi connectivity index (χ0) is 22.8. The molecule has 3 heterocycles. The SMILES string of the molecule is CN=C1c2ccccc2OC2(CCN(C(=O)c3cncc(-c4ccccc4)c3)CC2)C1C=N. The summed E-state index contributed by atoms with van der Waals surface area (Å²) in [7, 11) is 1.77. The molecule has 6 heteroatoms. The summed E-state index contributed by atoms with van der Waals surface area (Å²) in [6.45, 7) is 1.11. The summed E-state index contributed by atoms with van der Waals surface area (Å²) in [6, 6.07) is 19.7. The van der Waals surface area contributed by atoms with Crippen molar-refractivity contribution in [3.63, 3.8) is 0 Å². The monoisotopic (exact) mass is 438 g/mol. The molecule has 1 atom stereocenters. The zero-order valence-electron chi connectivity index (χ0n) is 18.6. The minimum Gasteiger partial charge on any atom is -0.485 e. The fourth-order valence-electron chi connectivity index (χ4n) is 4.99. The lowest BCUT2D eigenvalue weighted by Gasteiger charge is -2.48. The van der Waals surface area contributed by atoms with Gasteiger partial charge in [0.25, 0.3) is 5.91 Å². The van der Waals surface area contributed by atoms with Crippen molar-refractivity contribution in [2.45, 2.75) is 18.4 Å².